The summed E-state index contributed by atoms with van der Waals surface area (Å²) in [5, 5.41) is 8.39. The number of likely N-dealkylation sites (tertiary alicyclic amines) is 1. The molecule has 144 valence electrons. The van der Waals surface area contributed by atoms with Crippen LogP contribution in [0.15, 0.2) is 28.7 Å². The van der Waals surface area contributed by atoms with Gasteiger partial charge in [-0.25, -0.2) is 0 Å². The van der Waals surface area contributed by atoms with Gasteiger partial charge < -0.3 is 9.32 Å². The number of benzene rings is 1. The summed E-state index contributed by atoms with van der Waals surface area (Å²) in [6, 6.07) is 8.08. The minimum Gasteiger partial charge on any atom is -0.419 e. The standard InChI is InChI=1S/C20H27N5O2/c1-16-5-4-6-17(13-16)20-22-21-18(27-20)14-23-9-11-24(12-10-23)15-19(26)25-7-2-3-8-25/h4-6,13H,2-3,7-12,14-15H2,1H3. The zero-order valence-corrected chi connectivity index (χ0v) is 15.9. The van der Waals surface area contributed by atoms with Gasteiger partial charge in [-0.3, -0.25) is 14.6 Å². The van der Waals surface area contributed by atoms with Crippen molar-refractivity contribution in [3.63, 3.8) is 0 Å². The van der Waals surface area contributed by atoms with Gasteiger partial charge in [0, 0.05) is 44.8 Å². The molecule has 0 unspecified atom stereocenters. The Morgan fingerprint density at radius 1 is 1.04 bits per heavy atom. The largest absolute Gasteiger partial charge is 0.419 e. The maximum atomic E-state index is 12.3. The summed E-state index contributed by atoms with van der Waals surface area (Å²) in [7, 11) is 0. The van der Waals surface area contributed by atoms with E-state index < -0.39 is 0 Å². The van der Waals surface area contributed by atoms with Crippen molar-refractivity contribution in [3.05, 3.63) is 35.7 Å². The SMILES string of the molecule is Cc1cccc(-c2nnc(CN3CCN(CC(=O)N4CCCC4)CC3)o2)c1. The predicted molar refractivity (Wildman–Crippen MR) is 102 cm³/mol. The van der Waals surface area contributed by atoms with E-state index in [9.17, 15) is 4.79 Å². The molecule has 0 saturated carbocycles. The minimum absolute atomic E-state index is 0.278. The highest BCUT2D eigenvalue weighted by Crippen LogP contribution is 2.19. The lowest BCUT2D eigenvalue weighted by Crippen LogP contribution is -2.49. The third-order valence-corrected chi connectivity index (χ3v) is 5.37. The summed E-state index contributed by atoms with van der Waals surface area (Å²) in [6.45, 7) is 8.74. The summed E-state index contributed by atoms with van der Waals surface area (Å²) in [5.41, 5.74) is 2.13. The first kappa shape index (κ1) is 18.1. The van der Waals surface area contributed by atoms with Crippen molar-refractivity contribution in [2.45, 2.75) is 26.3 Å². The molecule has 7 nitrogen and oxygen atoms in total. The van der Waals surface area contributed by atoms with E-state index in [1.807, 2.05) is 23.1 Å². The molecular formula is C20H27N5O2. The molecule has 2 aliphatic rings. The van der Waals surface area contributed by atoms with Crippen LogP contribution in [0.25, 0.3) is 11.5 Å². The van der Waals surface area contributed by atoms with Crippen molar-refractivity contribution >= 4 is 5.91 Å². The van der Waals surface area contributed by atoms with Gasteiger partial charge in [-0.15, -0.1) is 10.2 Å². The lowest BCUT2D eigenvalue weighted by molar-refractivity contribution is -0.131. The van der Waals surface area contributed by atoms with Crippen LogP contribution in [0, 0.1) is 6.92 Å². The third-order valence-electron chi connectivity index (χ3n) is 5.37. The number of hydrogen-bond donors (Lipinski definition) is 0. The van der Waals surface area contributed by atoms with Crippen LogP contribution in [0.1, 0.15) is 24.3 Å². The molecule has 0 aliphatic carbocycles. The summed E-state index contributed by atoms with van der Waals surface area (Å²) in [4.78, 5) is 18.8. The molecule has 27 heavy (non-hydrogen) atoms. The highest BCUT2D eigenvalue weighted by Gasteiger charge is 2.24. The summed E-state index contributed by atoms with van der Waals surface area (Å²) in [5.74, 6) is 1.50. The molecule has 0 N–H and O–H groups in total. The fraction of sp³-hybridized carbons (Fsp3) is 0.550. The second-order valence-corrected chi connectivity index (χ2v) is 7.51. The molecule has 0 atom stereocenters. The van der Waals surface area contributed by atoms with Crippen LogP contribution in [-0.4, -0.2) is 76.6 Å². The summed E-state index contributed by atoms with van der Waals surface area (Å²) >= 11 is 0. The maximum absolute atomic E-state index is 12.3. The molecule has 0 radical (unpaired) electrons. The van der Waals surface area contributed by atoms with Crippen molar-refractivity contribution in [1.29, 1.82) is 0 Å². The van der Waals surface area contributed by atoms with Gasteiger partial charge in [0.15, 0.2) is 0 Å². The van der Waals surface area contributed by atoms with Crippen molar-refractivity contribution in [1.82, 2.24) is 24.9 Å². The Labute approximate surface area is 159 Å². The molecule has 1 aromatic heterocycles. The van der Waals surface area contributed by atoms with Gasteiger partial charge in [0.2, 0.25) is 17.7 Å². The number of piperazine rings is 1. The second kappa shape index (κ2) is 8.19. The topological polar surface area (TPSA) is 65.7 Å². The molecule has 0 spiro atoms. The Balaban J connectivity index is 1.26. The number of aromatic nitrogens is 2. The lowest BCUT2D eigenvalue weighted by Gasteiger charge is -2.34. The fourth-order valence-corrected chi connectivity index (χ4v) is 3.77. The van der Waals surface area contributed by atoms with Crippen LogP contribution >= 0.6 is 0 Å². The van der Waals surface area contributed by atoms with Crippen molar-refractivity contribution in [2.75, 3.05) is 45.8 Å². The van der Waals surface area contributed by atoms with E-state index >= 15 is 0 Å². The van der Waals surface area contributed by atoms with E-state index in [-0.39, 0.29) is 5.91 Å². The number of rotatable bonds is 5. The van der Waals surface area contributed by atoms with Gasteiger partial charge in [-0.05, 0) is 31.9 Å². The highest BCUT2D eigenvalue weighted by molar-refractivity contribution is 5.78. The maximum Gasteiger partial charge on any atom is 0.247 e. The van der Waals surface area contributed by atoms with Gasteiger partial charge in [0.1, 0.15) is 0 Å². The first-order chi connectivity index (χ1) is 13.2. The number of hydrogen-bond acceptors (Lipinski definition) is 6. The van der Waals surface area contributed by atoms with Gasteiger partial charge in [-0.2, -0.15) is 0 Å². The monoisotopic (exact) mass is 369 g/mol. The van der Waals surface area contributed by atoms with E-state index in [0.717, 1.165) is 57.7 Å². The average molecular weight is 369 g/mol. The van der Waals surface area contributed by atoms with Crippen LogP contribution in [0.4, 0.5) is 0 Å². The zero-order valence-electron chi connectivity index (χ0n) is 15.9. The number of nitrogens with zero attached hydrogens (tertiary/aromatic N) is 5. The Hall–Kier alpha value is -2.25. The summed E-state index contributed by atoms with van der Waals surface area (Å²) in [6.07, 6.45) is 2.29. The van der Waals surface area contributed by atoms with Crippen LogP contribution in [-0.2, 0) is 11.3 Å². The molecular weight excluding hydrogens is 342 g/mol. The molecule has 0 bridgehead atoms. The van der Waals surface area contributed by atoms with E-state index in [1.54, 1.807) is 0 Å². The van der Waals surface area contributed by atoms with E-state index in [0.29, 0.717) is 24.9 Å². The normalized spacial score (nSPS) is 18.9. The molecule has 2 saturated heterocycles. The predicted octanol–water partition coefficient (Wildman–Crippen LogP) is 1.79. The first-order valence-electron chi connectivity index (χ1n) is 9.79. The van der Waals surface area contributed by atoms with Crippen LogP contribution in [0.2, 0.25) is 0 Å². The van der Waals surface area contributed by atoms with Gasteiger partial charge in [-0.1, -0.05) is 17.7 Å². The smallest absolute Gasteiger partial charge is 0.247 e. The lowest BCUT2D eigenvalue weighted by atomic mass is 10.1. The Morgan fingerprint density at radius 3 is 2.52 bits per heavy atom. The molecule has 4 rings (SSSR count). The third kappa shape index (κ3) is 4.54. The Bertz CT molecular complexity index is 776. The van der Waals surface area contributed by atoms with Crippen LogP contribution in [0.3, 0.4) is 0 Å². The fourth-order valence-electron chi connectivity index (χ4n) is 3.77. The molecule has 2 fully saturated rings. The van der Waals surface area contributed by atoms with Crippen molar-refractivity contribution in [2.24, 2.45) is 0 Å². The van der Waals surface area contributed by atoms with E-state index in [4.69, 9.17) is 4.42 Å². The van der Waals surface area contributed by atoms with Gasteiger partial charge in [0.05, 0.1) is 13.1 Å². The van der Waals surface area contributed by atoms with E-state index in [1.165, 1.54) is 5.56 Å². The number of carbonyl (C=O) groups is 1. The molecule has 1 aromatic carbocycles. The second-order valence-electron chi connectivity index (χ2n) is 7.51. The number of aryl methyl sites for hydroxylation is 1. The minimum atomic E-state index is 0.278. The quantitative estimate of drug-likeness (QED) is 0.801. The first-order valence-corrected chi connectivity index (χ1v) is 9.79. The molecule has 2 aliphatic heterocycles. The Kier molecular flexibility index (Phi) is 5.50. The van der Waals surface area contributed by atoms with Crippen LogP contribution < -0.4 is 0 Å². The van der Waals surface area contributed by atoms with Crippen molar-refractivity contribution < 1.29 is 9.21 Å². The van der Waals surface area contributed by atoms with Gasteiger partial charge >= 0.3 is 0 Å². The molecule has 2 aromatic rings. The molecule has 7 heteroatoms. The highest BCUT2D eigenvalue weighted by atomic mass is 16.4. The Morgan fingerprint density at radius 2 is 1.78 bits per heavy atom. The van der Waals surface area contributed by atoms with Crippen LogP contribution in [0.5, 0.6) is 0 Å². The average Bonchev–Trinajstić information content (AvgIpc) is 3.35. The van der Waals surface area contributed by atoms with Gasteiger partial charge in [0.25, 0.3) is 0 Å². The molecule has 3 heterocycles. The molecule has 1 amide bonds. The number of carbonyl (C=O) groups excluding carboxylic acids is 1. The number of amides is 1. The van der Waals surface area contributed by atoms with E-state index in [2.05, 4.69) is 33.0 Å². The zero-order chi connectivity index (χ0) is 18.6. The van der Waals surface area contributed by atoms with Crippen molar-refractivity contribution in [3.8, 4) is 11.5 Å². The summed E-state index contributed by atoms with van der Waals surface area (Å²) < 4.78 is 5.85.